The second-order valence-electron chi connectivity index (χ2n) is 3.75. The topological polar surface area (TPSA) is 72.9 Å². The molecular formula is C12H11NO5. The first kappa shape index (κ1) is 12.1. The summed E-state index contributed by atoms with van der Waals surface area (Å²) in [5.74, 6) is -1.63. The standard InChI is InChI=1S/C12H11NO5/c1-13-11(15)7-4-6(17-2)5-8(18-3)9(7)10(14)12(13)16/h4-5H,1-3H3. The summed E-state index contributed by atoms with van der Waals surface area (Å²) >= 11 is 0. The minimum atomic E-state index is -0.865. The molecule has 1 heterocycles. The van der Waals surface area contributed by atoms with E-state index in [1.165, 1.54) is 33.4 Å². The molecule has 0 bridgehead atoms. The average Bonchev–Trinajstić information content (AvgIpc) is 2.41. The Bertz CT molecular complexity index is 564. The SMILES string of the molecule is COc1cc(OC)c2c(c1)C(=O)N(C)C(=O)C2=O. The van der Waals surface area contributed by atoms with E-state index in [0.29, 0.717) is 5.75 Å². The normalized spacial score (nSPS) is 14.6. The lowest BCUT2D eigenvalue weighted by atomic mass is 9.96. The number of imide groups is 1. The van der Waals surface area contributed by atoms with Crippen LogP contribution in [0.25, 0.3) is 0 Å². The number of carbonyl (C=O) groups is 3. The first-order valence-corrected chi connectivity index (χ1v) is 5.14. The Morgan fingerprint density at radius 1 is 1.00 bits per heavy atom. The smallest absolute Gasteiger partial charge is 0.301 e. The monoisotopic (exact) mass is 249 g/mol. The Balaban J connectivity index is 2.75. The second kappa shape index (κ2) is 4.14. The molecule has 0 radical (unpaired) electrons. The van der Waals surface area contributed by atoms with E-state index in [4.69, 9.17) is 9.47 Å². The molecule has 0 aliphatic carbocycles. The lowest BCUT2D eigenvalue weighted by molar-refractivity contribution is -0.123. The molecule has 0 aromatic heterocycles. The number of carbonyl (C=O) groups excluding carboxylic acids is 3. The Kier molecular flexibility index (Phi) is 2.78. The highest BCUT2D eigenvalue weighted by Crippen LogP contribution is 2.32. The van der Waals surface area contributed by atoms with E-state index in [1.54, 1.807) is 0 Å². The summed E-state index contributed by atoms with van der Waals surface area (Å²) in [6, 6.07) is 2.88. The molecule has 2 amide bonds. The number of amides is 2. The summed E-state index contributed by atoms with van der Waals surface area (Å²) in [4.78, 5) is 36.2. The summed E-state index contributed by atoms with van der Waals surface area (Å²) in [5, 5.41) is 0. The van der Waals surface area contributed by atoms with Gasteiger partial charge in [0.2, 0.25) is 0 Å². The summed E-state index contributed by atoms with van der Waals surface area (Å²) in [5.41, 5.74) is 0.102. The zero-order chi connectivity index (χ0) is 13.4. The third kappa shape index (κ3) is 1.54. The predicted molar refractivity (Wildman–Crippen MR) is 61.0 cm³/mol. The van der Waals surface area contributed by atoms with Crippen molar-refractivity contribution in [1.29, 1.82) is 0 Å². The fourth-order valence-electron chi connectivity index (χ4n) is 1.80. The van der Waals surface area contributed by atoms with Crippen molar-refractivity contribution in [2.24, 2.45) is 0 Å². The van der Waals surface area contributed by atoms with Crippen LogP contribution in [0, 0.1) is 0 Å². The first-order chi connectivity index (χ1) is 8.51. The van der Waals surface area contributed by atoms with E-state index in [1.807, 2.05) is 0 Å². The van der Waals surface area contributed by atoms with Gasteiger partial charge < -0.3 is 9.47 Å². The highest BCUT2D eigenvalue weighted by molar-refractivity contribution is 6.49. The molecule has 0 N–H and O–H groups in total. The van der Waals surface area contributed by atoms with Gasteiger partial charge in [0.15, 0.2) is 0 Å². The average molecular weight is 249 g/mol. The van der Waals surface area contributed by atoms with Gasteiger partial charge in [0.1, 0.15) is 11.5 Å². The maximum Gasteiger partial charge on any atom is 0.301 e. The van der Waals surface area contributed by atoms with Crippen molar-refractivity contribution in [2.75, 3.05) is 21.3 Å². The molecule has 0 fully saturated rings. The number of fused-ring (bicyclic) bond motifs is 1. The number of benzene rings is 1. The molecule has 0 saturated heterocycles. The zero-order valence-electron chi connectivity index (χ0n) is 10.1. The van der Waals surface area contributed by atoms with Gasteiger partial charge in [0.05, 0.1) is 25.3 Å². The number of hydrogen-bond acceptors (Lipinski definition) is 5. The minimum Gasteiger partial charge on any atom is -0.497 e. The molecule has 0 unspecified atom stereocenters. The fourth-order valence-corrected chi connectivity index (χ4v) is 1.80. The largest absolute Gasteiger partial charge is 0.497 e. The minimum absolute atomic E-state index is 0.00796. The van der Waals surface area contributed by atoms with Crippen LogP contribution in [-0.2, 0) is 4.79 Å². The maximum absolute atomic E-state index is 12.0. The van der Waals surface area contributed by atoms with Crippen molar-refractivity contribution in [1.82, 2.24) is 4.90 Å². The first-order valence-electron chi connectivity index (χ1n) is 5.14. The van der Waals surface area contributed by atoms with E-state index < -0.39 is 17.6 Å². The summed E-state index contributed by atoms with van der Waals surface area (Å²) in [7, 11) is 4.05. The Morgan fingerprint density at radius 2 is 1.67 bits per heavy atom. The van der Waals surface area contributed by atoms with Crippen molar-refractivity contribution < 1.29 is 23.9 Å². The summed E-state index contributed by atoms with van der Waals surface area (Å²) < 4.78 is 10.1. The van der Waals surface area contributed by atoms with Crippen LogP contribution in [0.3, 0.4) is 0 Å². The number of ketones is 1. The summed E-state index contributed by atoms with van der Waals surface area (Å²) in [6.07, 6.45) is 0. The molecule has 1 aromatic carbocycles. The molecule has 0 spiro atoms. The summed E-state index contributed by atoms with van der Waals surface area (Å²) in [6.45, 7) is 0. The van der Waals surface area contributed by atoms with Crippen molar-refractivity contribution in [3.8, 4) is 11.5 Å². The highest BCUT2D eigenvalue weighted by atomic mass is 16.5. The van der Waals surface area contributed by atoms with Crippen LogP contribution in [0.4, 0.5) is 0 Å². The Hall–Kier alpha value is -2.37. The van der Waals surface area contributed by atoms with Crippen LogP contribution in [0.5, 0.6) is 11.5 Å². The van der Waals surface area contributed by atoms with E-state index in [9.17, 15) is 14.4 Å². The number of rotatable bonds is 2. The Morgan fingerprint density at radius 3 is 2.22 bits per heavy atom. The van der Waals surface area contributed by atoms with Gasteiger partial charge in [-0.2, -0.15) is 0 Å². The number of nitrogens with zero attached hydrogens (tertiary/aromatic N) is 1. The highest BCUT2D eigenvalue weighted by Gasteiger charge is 2.38. The lowest BCUT2D eigenvalue weighted by Gasteiger charge is -2.23. The van der Waals surface area contributed by atoms with Gasteiger partial charge in [0, 0.05) is 13.1 Å². The maximum atomic E-state index is 12.0. The third-order valence-corrected chi connectivity index (χ3v) is 2.79. The van der Waals surface area contributed by atoms with E-state index in [2.05, 4.69) is 0 Å². The van der Waals surface area contributed by atoms with Crippen LogP contribution in [-0.4, -0.2) is 43.8 Å². The molecule has 0 atom stereocenters. The second-order valence-corrected chi connectivity index (χ2v) is 3.75. The van der Waals surface area contributed by atoms with Gasteiger partial charge >= 0.3 is 5.91 Å². The molecule has 1 aromatic rings. The van der Waals surface area contributed by atoms with Crippen LogP contribution < -0.4 is 9.47 Å². The van der Waals surface area contributed by atoms with Crippen molar-refractivity contribution in [2.45, 2.75) is 0 Å². The quantitative estimate of drug-likeness (QED) is 0.563. The number of hydrogen-bond donors (Lipinski definition) is 0. The van der Waals surface area contributed by atoms with Crippen molar-refractivity contribution in [3.05, 3.63) is 23.3 Å². The van der Waals surface area contributed by atoms with Gasteiger partial charge in [-0.1, -0.05) is 0 Å². The van der Waals surface area contributed by atoms with Gasteiger partial charge in [0.25, 0.3) is 11.7 Å². The van der Waals surface area contributed by atoms with Gasteiger partial charge in [-0.05, 0) is 6.07 Å². The Labute approximate surface area is 103 Å². The fraction of sp³-hybridized carbons (Fsp3) is 0.250. The van der Waals surface area contributed by atoms with Crippen LogP contribution >= 0.6 is 0 Å². The lowest BCUT2D eigenvalue weighted by Crippen LogP contribution is -2.43. The van der Waals surface area contributed by atoms with Gasteiger partial charge in [-0.15, -0.1) is 0 Å². The zero-order valence-corrected chi connectivity index (χ0v) is 10.1. The van der Waals surface area contributed by atoms with E-state index in [-0.39, 0.29) is 16.9 Å². The molecule has 6 heteroatoms. The molecule has 1 aliphatic rings. The van der Waals surface area contributed by atoms with E-state index >= 15 is 0 Å². The molecule has 0 saturated carbocycles. The van der Waals surface area contributed by atoms with E-state index in [0.717, 1.165) is 4.90 Å². The van der Waals surface area contributed by atoms with Crippen molar-refractivity contribution in [3.63, 3.8) is 0 Å². The van der Waals surface area contributed by atoms with Crippen LogP contribution in [0.1, 0.15) is 20.7 Å². The van der Waals surface area contributed by atoms with Gasteiger partial charge in [-0.3, -0.25) is 19.3 Å². The van der Waals surface area contributed by atoms with Crippen LogP contribution in [0.15, 0.2) is 12.1 Å². The molecule has 1 aliphatic heterocycles. The molecule has 2 rings (SSSR count). The number of likely N-dealkylation sites (N-methyl/N-ethyl adjacent to an activating group) is 1. The van der Waals surface area contributed by atoms with Crippen molar-refractivity contribution >= 4 is 17.6 Å². The van der Waals surface area contributed by atoms with Crippen LogP contribution in [0.2, 0.25) is 0 Å². The number of ether oxygens (including phenoxy) is 2. The molecular weight excluding hydrogens is 238 g/mol. The van der Waals surface area contributed by atoms with Gasteiger partial charge in [-0.25, -0.2) is 0 Å². The predicted octanol–water partition coefficient (Wildman–Crippen LogP) is 0.499. The number of Topliss-reactive ketones (excluding diaryl/α,β-unsaturated/α-hetero) is 1. The molecule has 94 valence electrons. The number of methoxy groups -OCH3 is 2. The third-order valence-electron chi connectivity index (χ3n) is 2.79. The molecule has 18 heavy (non-hydrogen) atoms. The molecule has 6 nitrogen and oxygen atoms in total.